The van der Waals surface area contributed by atoms with Crippen molar-refractivity contribution in [3.63, 3.8) is 0 Å². The van der Waals surface area contributed by atoms with Crippen LogP contribution in [0.1, 0.15) is 20.7 Å². The zero-order chi connectivity index (χ0) is 16.7. The molecule has 5 heteroatoms. The molecule has 0 aliphatic rings. The average molecular weight is 327 g/mol. The number of hydrogen-bond donors (Lipinski definition) is 1. The molecule has 1 N–H and O–H groups in total. The van der Waals surface area contributed by atoms with Crippen molar-refractivity contribution in [1.29, 1.82) is 0 Å². The Hall–Kier alpha value is -2.53. The Morgan fingerprint density at radius 3 is 2.48 bits per heavy atom. The molecule has 0 bridgehead atoms. The van der Waals surface area contributed by atoms with E-state index in [1.165, 1.54) is 18.9 Å². The fourth-order valence-electron chi connectivity index (χ4n) is 2.00. The SMILES string of the molecule is C=CCSc1ccccc1C(=O)Nc1ccccc1C(=O)OC. The molecule has 0 fully saturated rings. The van der Waals surface area contributed by atoms with Crippen molar-refractivity contribution < 1.29 is 14.3 Å². The number of rotatable bonds is 6. The van der Waals surface area contributed by atoms with E-state index in [9.17, 15) is 9.59 Å². The van der Waals surface area contributed by atoms with Crippen LogP contribution in [0.4, 0.5) is 5.69 Å². The molecule has 2 aromatic carbocycles. The molecule has 0 aromatic heterocycles. The molecule has 4 nitrogen and oxygen atoms in total. The summed E-state index contributed by atoms with van der Waals surface area (Å²) in [5.41, 5.74) is 1.30. The number of nitrogens with one attached hydrogen (secondary N) is 1. The highest BCUT2D eigenvalue weighted by Gasteiger charge is 2.16. The summed E-state index contributed by atoms with van der Waals surface area (Å²) >= 11 is 1.53. The first-order valence-corrected chi connectivity index (χ1v) is 7.97. The molecule has 0 saturated heterocycles. The van der Waals surface area contributed by atoms with Gasteiger partial charge in [0.1, 0.15) is 0 Å². The third-order valence-electron chi connectivity index (χ3n) is 3.07. The van der Waals surface area contributed by atoms with Crippen molar-refractivity contribution in [2.75, 3.05) is 18.2 Å². The molecular formula is C18H17NO3S. The Bertz CT molecular complexity index is 728. The van der Waals surface area contributed by atoms with Crippen LogP contribution in [-0.2, 0) is 4.74 Å². The van der Waals surface area contributed by atoms with Crippen molar-refractivity contribution >= 4 is 29.3 Å². The number of esters is 1. The first kappa shape index (κ1) is 16.8. The van der Waals surface area contributed by atoms with Crippen LogP contribution in [0.2, 0.25) is 0 Å². The molecule has 0 radical (unpaired) electrons. The molecule has 2 rings (SSSR count). The maximum atomic E-state index is 12.6. The van der Waals surface area contributed by atoms with E-state index in [0.717, 1.165) is 4.90 Å². The molecule has 23 heavy (non-hydrogen) atoms. The number of anilines is 1. The van der Waals surface area contributed by atoms with Gasteiger partial charge in [0, 0.05) is 10.6 Å². The predicted molar refractivity (Wildman–Crippen MR) is 93.1 cm³/mol. The lowest BCUT2D eigenvalue weighted by Gasteiger charge is -2.11. The van der Waals surface area contributed by atoms with Crippen molar-refractivity contribution in [1.82, 2.24) is 0 Å². The van der Waals surface area contributed by atoms with Crippen LogP contribution in [-0.4, -0.2) is 24.7 Å². The maximum absolute atomic E-state index is 12.6. The van der Waals surface area contributed by atoms with Gasteiger partial charge < -0.3 is 10.1 Å². The third kappa shape index (κ3) is 4.23. The van der Waals surface area contributed by atoms with E-state index >= 15 is 0 Å². The molecule has 2 aromatic rings. The van der Waals surface area contributed by atoms with Gasteiger partial charge in [-0.1, -0.05) is 30.3 Å². The summed E-state index contributed by atoms with van der Waals surface area (Å²) in [4.78, 5) is 25.2. The van der Waals surface area contributed by atoms with Crippen LogP contribution in [0, 0.1) is 0 Å². The molecular weight excluding hydrogens is 310 g/mol. The number of benzene rings is 2. The van der Waals surface area contributed by atoms with Gasteiger partial charge >= 0.3 is 5.97 Å². The quantitative estimate of drug-likeness (QED) is 0.495. The van der Waals surface area contributed by atoms with Crippen LogP contribution in [0.3, 0.4) is 0 Å². The topological polar surface area (TPSA) is 55.4 Å². The van der Waals surface area contributed by atoms with E-state index in [2.05, 4.69) is 11.9 Å². The number of amides is 1. The normalized spacial score (nSPS) is 9.96. The summed E-state index contributed by atoms with van der Waals surface area (Å²) in [7, 11) is 1.31. The zero-order valence-electron chi connectivity index (χ0n) is 12.7. The number of thioether (sulfide) groups is 1. The number of para-hydroxylation sites is 1. The first-order valence-electron chi connectivity index (χ1n) is 6.98. The molecule has 0 aliphatic carbocycles. The number of methoxy groups -OCH3 is 1. The Labute approximate surface area is 139 Å². The second-order valence-corrected chi connectivity index (χ2v) is 5.65. The van der Waals surface area contributed by atoms with Crippen LogP contribution in [0.5, 0.6) is 0 Å². The summed E-state index contributed by atoms with van der Waals surface area (Å²) < 4.78 is 4.74. The fourth-order valence-corrected chi connectivity index (χ4v) is 2.79. The van der Waals surface area contributed by atoms with Crippen molar-refractivity contribution in [2.24, 2.45) is 0 Å². The number of hydrogen-bond acceptors (Lipinski definition) is 4. The predicted octanol–water partition coefficient (Wildman–Crippen LogP) is 4.00. The van der Waals surface area contributed by atoms with Gasteiger partial charge in [0.2, 0.25) is 0 Å². The smallest absolute Gasteiger partial charge is 0.339 e. The second-order valence-electron chi connectivity index (χ2n) is 4.59. The lowest BCUT2D eigenvalue weighted by atomic mass is 10.1. The largest absolute Gasteiger partial charge is 0.465 e. The lowest BCUT2D eigenvalue weighted by molar-refractivity contribution is 0.0602. The molecule has 0 atom stereocenters. The van der Waals surface area contributed by atoms with Crippen molar-refractivity contribution in [3.05, 3.63) is 72.3 Å². The number of ether oxygens (including phenoxy) is 1. The van der Waals surface area contributed by atoms with Crippen LogP contribution < -0.4 is 5.32 Å². The molecule has 0 heterocycles. The summed E-state index contributed by atoms with van der Waals surface area (Å²) in [6.45, 7) is 3.69. The van der Waals surface area contributed by atoms with Gasteiger partial charge in [-0.15, -0.1) is 18.3 Å². The molecule has 118 valence electrons. The average Bonchev–Trinajstić information content (AvgIpc) is 2.60. The highest BCUT2D eigenvalue weighted by molar-refractivity contribution is 7.99. The Morgan fingerprint density at radius 1 is 1.13 bits per heavy atom. The van der Waals surface area contributed by atoms with E-state index in [4.69, 9.17) is 4.74 Å². The summed E-state index contributed by atoms with van der Waals surface area (Å²) in [6.07, 6.45) is 1.78. The maximum Gasteiger partial charge on any atom is 0.339 e. The highest BCUT2D eigenvalue weighted by atomic mass is 32.2. The van der Waals surface area contributed by atoms with Gasteiger partial charge in [0.15, 0.2) is 0 Å². The Kier molecular flexibility index (Phi) is 6.00. The minimum atomic E-state index is -0.491. The van der Waals surface area contributed by atoms with Gasteiger partial charge in [-0.05, 0) is 24.3 Å². The van der Waals surface area contributed by atoms with Crippen LogP contribution in [0.25, 0.3) is 0 Å². The zero-order valence-corrected chi connectivity index (χ0v) is 13.6. The number of carbonyl (C=O) groups excluding carboxylic acids is 2. The highest BCUT2D eigenvalue weighted by Crippen LogP contribution is 2.24. The lowest BCUT2D eigenvalue weighted by Crippen LogP contribution is -2.16. The minimum Gasteiger partial charge on any atom is -0.465 e. The van der Waals surface area contributed by atoms with E-state index < -0.39 is 5.97 Å². The van der Waals surface area contributed by atoms with Gasteiger partial charge in [-0.25, -0.2) is 4.79 Å². The molecule has 0 aliphatic heterocycles. The van der Waals surface area contributed by atoms with Gasteiger partial charge in [0.05, 0.1) is 23.9 Å². The van der Waals surface area contributed by atoms with E-state index in [0.29, 0.717) is 22.6 Å². The van der Waals surface area contributed by atoms with E-state index in [1.54, 1.807) is 42.5 Å². The minimum absolute atomic E-state index is 0.270. The first-order chi connectivity index (χ1) is 11.2. The van der Waals surface area contributed by atoms with Crippen molar-refractivity contribution in [3.8, 4) is 0 Å². The summed E-state index contributed by atoms with van der Waals surface area (Å²) in [6, 6.07) is 14.1. The Balaban J connectivity index is 2.27. The monoisotopic (exact) mass is 327 g/mol. The third-order valence-corrected chi connectivity index (χ3v) is 4.14. The number of carbonyl (C=O) groups is 2. The molecule has 1 amide bonds. The van der Waals surface area contributed by atoms with E-state index in [-0.39, 0.29) is 5.91 Å². The van der Waals surface area contributed by atoms with Crippen molar-refractivity contribution in [2.45, 2.75) is 4.90 Å². The molecule has 0 saturated carbocycles. The summed E-state index contributed by atoms with van der Waals surface area (Å²) in [5, 5.41) is 2.78. The van der Waals surface area contributed by atoms with E-state index in [1.807, 2.05) is 12.1 Å². The molecule has 0 spiro atoms. The fraction of sp³-hybridized carbons (Fsp3) is 0.111. The standard InChI is InChI=1S/C18H17NO3S/c1-3-12-23-16-11-7-5-9-14(16)17(20)19-15-10-6-4-8-13(15)18(21)22-2/h3-11H,1,12H2,2H3,(H,19,20). The second kappa shape index (κ2) is 8.19. The van der Waals surface area contributed by atoms with Gasteiger partial charge in [-0.2, -0.15) is 0 Å². The summed E-state index contributed by atoms with van der Waals surface area (Å²) in [5.74, 6) is -0.0491. The molecule has 0 unspecified atom stereocenters. The van der Waals surface area contributed by atoms with Gasteiger partial charge in [-0.3, -0.25) is 4.79 Å². The van der Waals surface area contributed by atoms with Gasteiger partial charge in [0.25, 0.3) is 5.91 Å². The van der Waals surface area contributed by atoms with Crippen LogP contribution >= 0.6 is 11.8 Å². The van der Waals surface area contributed by atoms with Crippen LogP contribution in [0.15, 0.2) is 66.1 Å². The Morgan fingerprint density at radius 2 is 1.78 bits per heavy atom.